The second-order valence-corrected chi connectivity index (χ2v) is 8.11. The van der Waals surface area contributed by atoms with Gasteiger partial charge in [0.25, 0.3) is 0 Å². The van der Waals surface area contributed by atoms with E-state index in [2.05, 4.69) is 14.9 Å². The summed E-state index contributed by atoms with van der Waals surface area (Å²) in [7, 11) is 0. The third kappa shape index (κ3) is 4.17. The number of hydrogen-bond acceptors (Lipinski definition) is 5. The van der Waals surface area contributed by atoms with E-state index in [1.165, 1.54) is 16.7 Å². The number of ether oxygens (including phenoxy) is 1. The molecular weight excluding hydrogens is 475 g/mol. The maximum Gasteiger partial charge on any atom is 0.573 e. The molecule has 0 aliphatic rings. The number of halogens is 3. The van der Waals surface area contributed by atoms with Crippen molar-refractivity contribution in [3.63, 3.8) is 0 Å². The monoisotopic (exact) mass is 493 g/mol. The van der Waals surface area contributed by atoms with Gasteiger partial charge in [0, 0.05) is 29.1 Å². The third-order valence-electron chi connectivity index (χ3n) is 5.74. The molecule has 0 fully saturated rings. The molecule has 182 valence electrons. The minimum absolute atomic E-state index is 0.00205. The molecule has 10 heteroatoms. The molecule has 0 unspecified atom stereocenters. The van der Waals surface area contributed by atoms with Crippen LogP contribution >= 0.6 is 0 Å². The van der Waals surface area contributed by atoms with Crippen molar-refractivity contribution in [2.45, 2.75) is 20.2 Å². The molecule has 0 spiro atoms. The van der Waals surface area contributed by atoms with E-state index in [-0.39, 0.29) is 11.3 Å². The van der Waals surface area contributed by atoms with Crippen LogP contribution in [-0.4, -0.2) is 32.1 Å². The number of rotatable bonds is 5. The first-order valence-corrected chi connectivity index (χ1v) is 10.8. The van der Waals surface area contributed by atoms with Crippen LogP contribution in [0.1, 0.15) is 21.8 Å². The van der Waals surface area contributed by atoms with Gasteiger partial charge in [0.1, 0.15) is 5.76 Å². The van der Waals surface area contributed by atoms with Crippen LogP contribution in [0.3, 0.4) is 0 Å². The maximum absolute atomic E-state index is 13.3. The number of aromatic nitrogens is 3. The fraction of sp³-hybridized carbons (Fsp3) is 0.115. The number of aromatic carboxylic acids is 1. The van der Waals surface area contributed by atoms with Crippen LogP contribution in [0, 0.1) is 13.8 Å². The van der Waals surface area contributed by atoms with Gasteiger partial charge in [-0.3, -0.25) is 4.98 Å². The highest BCUT2D eigenvalue weighted by Gasteiger charge is 2.33. The van der Waals surface area contributed by atoms with Gasteiger partial charge in [-0.2, -0.15) is 0 Å². The van der Waals surface area contributed by atoms with Crippen LogP contribution in [0.5, 0.6) is 5.75 Å². The fourth-order valence-electron chi connectivity index (χ4n) is 4.22. The number of alkyl halides is 3. The zero-order valence-corrected chi connectivity index (χ0v) is 19.0. The Morgan fingerprint density at radius 1 is 1.06 bits per heavy atom. The van der Waals surface area contributed by atoms with Crippen LogP contribution in [-0.2, 0) is 0 Å². The second-order valence-electron chi connectivity index (χ2n) is 8.11. The van der Waals surface area contributed by atoms with Crippen LogP contribution < -0.4 is 4.74 Å². The van der Waals surface area contributed by atoms with Gasteiger partial charge < -0.3 is 18.9 Å². The molecular formula is C26H18F3N3O4. The van der Waals surface area contributed by atoms with Gasteiger partial charge in [-0.25, -0.2) is 4.79 Å². The third-order valence-corrected chi connectivity index (χ3v) is 5.74. The standard InChI is InChI=1S/C26H18F3N3O4/c1-14-23(15(2)36-31-14)18-10-21-24(30-12-18)19(16-6-4-3-5-7-16)13-32(21)20-9-8-17(25(33)34)11-22(20)35-26(27,28)29/h3-13H,1-2H3,(H,33,34). The zero-order chi connectivity index (χ0) is 25.6. The van der Waals surface area contributed by atoms with Crippen molar-refractivity contribution in [1.82, 2.24) is 14.7 Å². The molecule has 0 radical (unpaired) electrons. The lowest BCUT2D eigenvalue weighted by atomic mass is 10.0. The SMILES string of the molecule is Cc1noc(C)c1-c1cnc2c(-c3ccccc3)cn(-c3ccc(C(=O)O)cc3OC(F)(F)F)c2c1. The van der Waals surface area contributed by atoms with E-state index in [0.717, 1.165) is 17.2 Å². The molecule has 5 rings (SSSR count). The summed E-state index contributed by atoms with van der Waals surface area (Å²) >= 11 is 0. The first kappa shape index (κ1) is 23.2. The fourth-order valence-corrected chi connectivity index (χ4v) is 4.22. The smallest absolute Gasteiger partial charge is 0.478 e. The summed E-state index contributed by atoms with van der Waals surface area (Å²) in [6.45, 7) is 3.54. The lowest BCUT2D eigenvalue weighted by Gasteiger charge is -2.15. The van der Waals surface area contributed by atoms with Crippen LogP contribution in [0.15, 0.2) is 71.5 Å². The second kappa shape index (κ2) is 8.56. The molecule has 0 atom stereocenters. The van der Waals surface area contributed by atoms with Crippen molar-refractivity contribution < 1.29 is 32.3 Å². The zero-order valence-electron chi connectivity index (χ0n) is 19.0. The van der Waals surface area contributed by atoms with Crippen LogP contribution in [0.25, 0.3) is 39.0 Å². The molecule has 3 aromatic heterocycles. The van der Waals surface area contributed by atoms with Crippen LogP contribution in [0.4, 0.5) is 13.2 Å². The number of hydrogen-bond donors (Lipinski definition) is 1. The highest BCUT2D eigenvalue weighted by Crippen LogP contribution is 2.38. The summed E-state index contributed by atoms with van der Waals surface area (Å²) in [5.41, 5.74) is 4.20. The van der Waals surface area contributed by atoms with E-state index in [1.807, 2.05) is 30.3 Å². The molecule has 3 heterocycles. The molecule has 0 aliphatic heterocycles. The number of benzene rings is 2. The molecule has 7 nitrogen and oxygen atoms in total. The Morgan fingerprint density at radius 3 is 2.44 bits per heavy atom. The summed E-state index contributed by atoms with van der Waals surface area (Å²) in [6, 6.07) is 14.4. The molecule has 1 N–H and O–H groups in total. The first-order chi connectivity index (χ1) is 17.1. The Balaban J connectivity index is 1.81. The minimum atomic E-state index is -5.03. The van der Waals surface area contributed by atoms with Crippen molar-refractivity contribution in [3.05, 3.63) is 84.0 Å². The molecule has 0 saturated heterocycles. The Kier molecular flexibility index (Phi) is 5.51. The lowest BCUT2D eigenvalue weighted by Crippen LogP contribution is -2.18. The Bertz CT molecular complexity index is 1590. The van der Waals surface area contributed by atoms with Crippen molar-refractivity contribution in [3.8, 4) is 33.7 Å². The quantitative estimate of drug-likeness (QED) is 0.298. The molecule has 36 heavy (non-hydrogen) atoms. The average molecular weight is 493 g/mol. The van der Waals surface area contributed by atoms with Gasteiger partial charge in [0.15, 0.2) is 5.75 Å². The first-order valence-electron chi connectivity index (χ1n) is 10.8. The number of nitrogens with zero attached hydrogens (tertiary/aromatic N) is 3. The van der Waals surface area contributed by atoms with Crippen LogP contribution in [0.2, 0.25) is 0 Å². The van der Waals surface area contributed by atoms with Crippen molar-refractivity contribution in [2.24, 2.45) is 0 Å². The molecule has 0 bridgehead atoms. The van der Waals surface area contributed by atoms with E-state index in [4.69, 9.17) is 4.52 Å². The Hall–Kier alpha value is -4.60. The predicted molar refractivity (Wildman–Crippen MR) is 125 cm³/mol. The van der Waals surface area contributed by atoms with Gasteiger partial charge in [-0.05, 0) is 43.7 Å². The summed E-state index contributed by atoms with van der Waals surface area (Å²) in [5.74, 6) is -1.46. The normalized spacial score (nSPS) is 11.7. The molecule has 0 amide bonds. The van der Waals surface area contributed by atoms with E-state index in [0.29, 0.717) is 33.6 Å². The van der Waals surface area contributed by atoms with Crippen molar-refractivity contribution in [2.75, 3.05) is 0 Å². The summed E-state index contributed by atoms with van der Waals surface area (Å²) in [4.78, 5) is 16.1. The number of carboxylic acids is 1. The van der Waals surface area contributed by atoms with Crippen molar-refractivity contribution >= 4 is 17.0 Å². The number of aryl methyl sites for hydroxylation is 2. The molecule has 5 aromatic rings. The average Bonchev–Trinajstić information content (AvgIpc) is 3.37. The Morgan fingerprint density at radius 2 is 1.81 bits per heavy atom. The molecule has 2 aromatic carbocycles. The highest BCUT2D eigenvalue weighted by molar-refractivity contribution is 5.96. The molecule has 0 saturated carbocycles. The van der Waals surface area contributed by atoms with Gasteiger partial charge in [0.2, 0.25) is 0 Å². The van der Waals surface area contributed by atoms with Gasteiger partial charge >= 0.3 is 12.3 Å². The van der Waals surface area contributed by atoms with E-state index in [1.54, 1.807) is 32.3 Å². The predicted octanol–water partition coefficient (Wildman–Crippen LogP) is 6.56. The number of carboxylic acid groups (broad SMARTS) is 1. The largest absolute Gasteiger partial charge is 0.573 e. The number of pyridine rings is 1. The molecule has 0 aliphatic carbocycles. The van der Waals surface area contributed by atoms with E-state index in [9.17, 15) is 23.1 Å². The maximum atomic E-state index is 13.3. The van der Waals surface area contributed by atoms with Gasteiger partial charge in [-0.1, -0.05) is 35.5 Å². The summed E-state index contributed by atoms with van der Waals surface area (Å²) in [5, 5.41) is 13.3. The lowest BCUT2D eigenvalue weighted by molar-refractivity contribution is -0.274. The number of carbonyl (C=O) groups is 1. The number of fused-ring (bicyclic) bond motifs is 1. The van der Waals surface area contributed by atoms with Gasteiger partial charge in [0.05, 0.1) is 28.0 Å². The Labute approximate surface area is 202 Å². The van der Waals surface area contributed by atoms with E-state index < -0.39 is 18.1 Å². The van der Waals surface area contributed by atoms with E-state index >= 15 is 0 Å². The minimum Gasteiger partial charge on any atom is -0.478 e. The topological polar surface area (TPSA) is 90.4 Å². The van der Waals surface area contributed by atoms with Gasteiger partial charge in [-0.15, -0.1) is 13.2 Å². The summed E-state index contributed by atoms with van der Waals surface area (Å²) in [6.07, 6.45) is -1.72. The summed E-state index contributed by atoms with van der Waals surface area (Å²) < 4.78 is 50.9. The highest BCUT2D eigenvalue weighted by atomic mass is 19.4. The van der Waals surface area contributed by atoms with Crippen molar-refractivity contribution in [1.29, 1.82) is 0 Å².